The Labute approximate surface area is 163 Å². The van der Waals surface area contributed by atoms with Gasteiger partial charge in [-0.3, -0.25) is 14.5 Å². The topological polar surface area (TPSA) is 89.6 Å². The summed E-state index contributed by atoms with van der Waals surface area (Å²) in [6.45, 7) is 3.32. The van der Waals surface area contributed by atoms with Gasteiger partial charge in [0.05, 0.1) is 17.5 Å². The van der Waals surface area contributed by atoms with Crippen molar-refractivity contribution in [3.8, 4) is 0 Å². The van der Waals surface area contributed by atoms with E-state index in [1.54, 1.807) is 11.9 Å². The SMILES string of the molecule is Cc1cccc2[nH]c(C3CCN(C(=O)C[C@@H]4C(=O)N(C)C(=O)N4C)CC3)nc12. The number of imidazole rings is 1. The van der Waals surface area contributed by atoms with Crippen molar-refractivity contribution in [2.45, 2.75) is 38.1 Å². The first-order chi connectivity index (χ1) is 13.4. The summed E-state index contributed by atoms with van der Waals surface area (Å²) >= 11 is 0. The van der Waals surface area contributed by atoms with Crippen LogP contribution in [0.1, 0.15) is 36.6 Å². The zero-order valence-electron chi connectivity index (χ0n) is 16.4. The predicted octanol–water partition coefficient (Wildman–Crippen LogP) is 1.86. The van der Waals surface area contributed by atoms with E-state index in [9.17, 15) is 14.4 Å². The van der Waals surface area contributed by atoms with E-state index >= 15 is 0 Å². The number of fused-ring (bicyclic) bond motifs is 1. The minimum atomic E-state index is -0.693. The molecule has 2 fully saturated rings. The Balaban J connectivity index is 1.38. The first-order valence-corrected chi connectivity index (χ1v) is 9.64. The van der Waals surface area contributed by atoms with Crippen LogP contribution in [-0.2, 0) is 9.59 Å². The average molecular weight is 383 g/mol. The van der Waals surface area contributed by atoms with Crippen LogP contribution >= 0.6 is 0 Å². The number of benzene rings is 1. The number of nitrogens with one attached hydrogen (secondary N) is 1. The normalized spacial score (nSPS) is 21.2. The molecule has 2 aliphatic rings. The number of aromatic nitrogens is 2. The molecule has 28 heavy (non-hydrogen) atoms. The summed E-state index contributed by atoms with van der Waals surface area (Å²) in [5, 5.41) is 0. The zero-order valence-corrected chi connectivity index (χ0v) is 16.4. The lowest BCUT2D eigenvalue weighted by molar-refractivity contribution is -0.137. The Morgan fingerprint density at radius 1 is 1.21 bits per heavy atom. The lowest BCUT2D eigenvalue weighted by atomic mass is 9.95. The molecule has 4 rings (SSSR count). The highest BCUT2D eigenvalue weighted by Gasteiger charge is 2.42. The third-order valence-corrected chi connectivity index (χ3v) is 6.01. The Bertz CT molecular complexity index is 944. The van der Waals surface area contributed by atoms with Gasteiger partial charge in [-0.05, 0) is 31.4 Å². The molecule has 2 aromatic rings. The average Bonchev–Trinajstić information content (AvgIpc) is 3.21. The predicted molar refractivity (Wildman–Crippen MR) is 104 cm³/mol. The van der Waals surface area contributed by atoms with Crippen molar-refractivity contribution < 1.29 is 14.4 Å². The van der Waals surface area contributed by atoms with Crippen LogP contribution in [0.3, 0.4) is 0 Å². The molecule has 0 unspecified atom stereocenters. The van der Waals surface area contributed by atoms with Crippen molar-refractivity contribution in [3.05, 3.63) is 29.6 Å². The minimum absolute atomic E-state index is 0.0416. The molecule has 8 heteroatoms. The van der Waals surface area contributed by atoms with Gasteiger partial charge in [0.25, 0.3) is 5.91 Å². The summed E-state index contributed by atoms with van der Waals surface area (Å²) in [7, 11) is 3.02. The monoisotopic (exact) mass is 383 g/mol. The standard InChI is InChI=1S/C20H25N5O3/c1-12-5-4-6-14-17(12)22-18(21-14)13-7-9-25(10-8-13)16(26)11-15-19(27)24(3)20(28)23(15)2/h4-6,13,15H,7-11H2,1-3H3,(H,21,22)/t15-/m1/s1. The molecule has 8 nitrogen and oxygen atoms in total. The second-order valence-electron chi connectivity index (χ2n) is 7.76. The number of likely N-dealkylation sites (tertiary alicyclic amines) is 1. The molecule has 2 saturated heterocycles. The number of H-pyrrole nitrogens is 1. The molecule has 3 heterocycles. The molecule has 2 aliphatic heterocycles. The van der Waals surface area contributed by atoms with E-state index < -0.39 is 6.04 Å². The molecular formula is C20H25N5O3. The van der Waals surface area contributed by atoms with Crippen molar-refractivity contribution >= 4 is 28.9 Å². The number of aromatic amines is 1. The van der Waals surface area contributed by atoms with Crippen molar-refractivity contribution in [1.82, 2.24) is 24.7 Å². The number of para-hydroxylation sites is 1. The molecule has 0 aliphatic carbocycles. The smallest absolute Gasteiger partial charge is 0.326 e. The summed E-state index contributed by atoms with van der Waals surface area (Å²) in [6.07, 6.45) is 1.70. The molecule has 1 atom stereocenters. The zero-order chi connectivity index (χ0) is 20.0. The second-order valence-corrected chi connectivity index (χ2v) is 7.76. The fraction of sp³-hybridized carbons (Fsp3) is 0.500. The van der Waals surface area contributed by atoms with Gasteiger partial charge in [0.2, 0.25) is 5.91 Å². The number of likely N-dealkylation sites (N-methyl/N-ethyl adjacent to an activating group) is 2. The van der Waals surface area contributed by atoms with E-state index in [0.29, 0.717) is 19.0 Å². The Kier molecular flexibility index (Phi) is 4.56. The maximum atomic E-state index is 12.7. The lowest BCUT2D eigenvalue weighted by Gasteiger charge is -2.32. The fourth-order valence-electron chi connectivity index (χ4n) is 4.16. The van der Waals surface area contributed by atoms with Crippen LogP contribution in [0.4, 0.5) is 4.79 Å². The number of amides is 4. The van der Waals surface area contributed by atoms with Crippen LogP contribution in [-0.4, -0.2) is 75.7 Å². The van der Waals surface area contributed by atoms with Crippen LogP contribution in [0.25, 0.3) is 11.0 Å². The highest BCUT2D eigenvalue weighted by Crippen LogP contribution is 2.29. The number of carbonyl (C=O) groups excluding carboxylic acids is 3. The van der Waals surface area contributed by atoms with Gasteiger partial charge in [0, 0.05) is 33.1 Å². The van der Waals surface area contributed by atoms with E-state index in [4.69, 9.17) is 4.98 Å². The Morgan fingerprint density at radius 2 is 1.93 bits per heavy atom. The number of nitrogens with zero attached hydrogens (tertiary/aromatic N) is 4. The number of piperidine rings is 1. The molecule has 1 N–H and O–H groups in total. The van der Waals surface area contributed by atoms with Gasteiger partial charge in [-0.15, -0.1) is 0 Å². The van der Waals surface area contributed by atoms with Gasteiger partial charge in [-0.1, -0.05) is 12.1 Å². The van der Waals surface area contributed by atoms with Crippen LogP contribution in [0, 0.1) is 6.92 Å². The summed E-state index contributed by atoms with van der Waals surface area (Å²) in [5.41, 5.74) is 3.20. The quantitative estimate of drug-likeness (QED) is 0.820. The number of aryl methyl sites for hydroxylation is 1. The van der Waals surface area contributed by atoms with Gasteiger partial charge >= 0.3 is 6.03 Å². The Morgan fingerprint density at radius 3 is 2.54 bits per heavy atom. The van der Waals surface area contributed by atoms with Gasteiger partial charge in [0.15, 0.2) is 0 Å². The van der Waals surface area contributed by atoms with Crippen molar-refractivity contribution in [3.63, 3.8) is 0 Å². The molecule has 4 amide bonds. The van der Waals surface area contributed by atoms with Crippen LogP contribution in [0.5, 0.6) is 0 Å². The fourth-order valence-corrected chi connectivity index (χ4v) is 4.16. The largest absolute Gasteiger partial charge is 0.343 e. The van der Waals surface area contributed by atoms with Crippen molar-refractivity contribution in [1.29, 1.82) is 0 Å². The van der Waals surface area contributed by atoms with E-state index in [2.05, 4.69) is 18.0 Å². The molecule has 1 aromatic heterocycles. The number of rotatable bonds is 3. The second kappa shape index (κ2) is 6.92. The van der Waals surface area contributed by atoms with E-state index in [1.165, 1.54) is 11.9 Å². The number of imide groups is 1. The third-order valence-electron chi connectivity index (χ3n) is 6.01. The molecule has 0 bridgehead atoms. The van der Waals surface area contributed by atoms with E-state index in [0.717, 1.165) is 40.2 Å². The number of carbonyl (C=O) groups is 3. The minimum Gasteiger partial charge on any atom is -0.343 e. The van der Waals surface area contributed by atoms with Crippen LogP contribution in [0.2, 0.25) is 0 Å². The maximum absolute atomic E-state index is 12.7. The summed E-state index contributed by atoms with van der Waals surface area (Å²) in [6, 6.07) is 5.05. The highest BCUT2D eigenvalue weighted by molar-refractivity contribution is 6.05. The maximum Gasteiger partial charge on any atom is 0.326 e. The van der Waals surface area contributed by atoms with Gasteiger partial charge in [-0.25, -0.2) is 9.78 Å². The van der Waals surface area contributed by atoms with Gasteiger partial charge < -0.3 is 14.8 Å². The number of hydrogen-bond donors (Lipinski definition) is 1. The van der Waals surface area contributed by atoms with Crippen LogP contribution < -0.4 is 0 Å². The van der Waals surface area contributed by atoms with Gasteiger partial charge in [-0.2, -0.15) is 0 Å². The van der Waals surface area contributed by atoms with Gasteiger partial charge in [0.1, 0.15) is 11.9 Å². The highest BCUT2D eigenvalue weighted by atomic mass is 16.2. The summed E-state index contributed by atoms with van der Waals surface area (Å²) in [5.74, 6) is 0.884. The van der Waals surface area contributed by atoms with E-state index in [-0.39, 0.29) is 24.3 Å². The molecule has 148 valence electrons. The van der Waals surface area contributed by atoms with E-state index in [1.807, 2.05) is 12.1 Å². The summed E-state index contributed by atoms with van der Waals surface area (Å²) in [4.78, 5) is 49.2. The first-order valence-electron chi connectivity index (χ1n) is 9.64. The number of hydrogen-bond acceptors (Lipinski definition) is 4. The Hall–Kier alpha value is -2.90. The summed E-state index contributed by atoms with van der Waals surface area (Å²) < 4.78 is 0. The molecule has 0 radical (unpaired) electrons. The lowest BCUT2D eigenvalue weighted by Crippen LogP contribution is -2.42. The molecule has 1 aromatic carbocycles. The first kappa shape index (κ1) is 18.5. The molecular weight excluding hydrogens is 358 g/mol. The third kappa shape index (κ3) is 3.02. The van der Waals surface area contributed by atoms with Crippen molar-refractivity contribution in [2.24, 2.45) is 0 Å². The van der Waals surface area contributed by atoms with Crippen LogP contribution in [0.15, 0.2) is 18.2 Å². The molecule has 0 spiro atoms. The van der Waals surface area contributed by atoms with Crippen molar-refractivity contribution in [2.75, 3.05) is 27.2 Å². The number of urea groups is 1. The molecule has 0 saturated carbocycles.